The molecule has 0 radical (unpaired) electrons. The summed E-state index contributed by atoms with van der Waals surface area (Å²) in [6.45, 7) is 15.9. The van der Waals surface area contributed by atoms with Crippen LogP contribution >= 0.6 is 0 Å². The number of hydrogen-bond acceptors (Lipinski definition) is 12. The summed E-state index contributed by atoms with van der Waals surface area (Å²) in [4.78, 5) is 28.7. The quantitative estimate of drug-likeness (QED) is 0.0156. The number of carbonyl (C=O) groups is 2. The lowest BCUT2D eigenvalue weighted by Crippen LogP contribution is -2.04. The number of hydrogen-bond donors (Lipinski definition) is 0. The van der Waals surface area contributed by atoms with E-state index in [0.717, 1.165) is 176 Å². The number of unbranched alkanes of at least 4 members (excludes halogenated alkanes) is 18. The number of carbonyl (C=O) groups excluding carboxylic acids is 2. The number of nitriles is 4. The topological polar surface area (TPSA) is 185 Å². The van der Waals surface area contributed by atoms with Gasteiger partial charge in [0.25, 0.3) is 0 Å². The minimum atomic E-state index is -0.275. The molecular weight excluding hydrogens is 1190 g/mol. The van der Waals surface area contributed by atoms with Gasteiger partial charge in [0, 0.05) is 66.8 Å². The van der Waals surface area contributed by atoms with Gasteiger partial charge in [0.1, 0.15) is 69.9 Å². The smallest absolute Gasteiger partial charge is 0.194 e. The fraction of sp³-hybridized carbons (Fsp3) is 0.429. The Morgan fingerprint density at radius 3 is 0.760 bits per heavy atom. The van der Waals surface area contributed by atoms with Crippen molar-refractivity contribution in [1.82, 2.24) is 0 Å². The first-order valence-electron chi connectivity index (χ1n) is 35.6. The van der Waals surface area contributed by atoms with Crippen LogP contribution in [0.3, 0.4) is 0 Å². The maximum absolute atomic E-state index is 14.3. The highest BCUT2D eigenvalue weighted by Crippen LogP contribution is 2.45. The minimum absolute atomic E-state index is 0.141. The largest absolute Gasteiger partial charge is 0.493 e. The van der Waals surface area contributed by atoms with Crippen LogP contribution < -0.4 is 28.4 Å². The molecule has 0 saturated heterocycles. The van der Waals surface area contributed by atoms with Crippen molar-refractivity contribution in [2.45, 2.75) is 196 Å². The van der Waals surface area contributed by atoms with Crippen LogP contribution in [-0.4, -0.2) is 51.2 Å². The fourth-order valence-corrected chi connectivity index (χ4v) is 11.9. The lowest BCUT2D eigenvalue weighted by atomic mass is 9.97. The molecule has 0 aliphatic heterocycles. The Hall–Kier alpha value is -9.36. The SMILES string of the molecule is CCCCCCOc1cc(/C=C/c2cc(OCCCCCC)c(/C=C/c3cc(OCCCCCC)c(/C=C4\C(=O)c5ccccc5C4=C(C#N)C#N)cc3OCCCCCC)cc2OCCCCCC)c(OCCCCCC)cc1/C=C1\C(=O)c2ccccc2C1=C(C#N)C#N. The number of rotatable bonds is 42. The molecule has 2 aliphatic carbocycles. The molecule has 7 rings (SSSR count). The van der Waals surface area contributed by atoms with E-state index in [2.05, 4.69) is 78.0 Å². The lowest BCUT2D eigenvalue weighted by molar-refractivity contribution is 0.103. The molecule has 0 bridgehead atoms. The summed E-state index contributed by atoms with van der Waals surface area (Å²) in [5, 5.41) is 40.9. The van der Waals surface area contributed by atoms with Crippen molar-refractivity contribution in [2.75, 3.05) is 39.6 Å². The number of nitrogens with zero attached hydrogens (tertiary/aromatic N) is 4. The van der Waals surface area contributed by atoms with Crippen molar-refractivity contribution >= 4 is 59.2 Å². The van der Waals surface area contributed by atoms with Crippen molar-refractivity contribution in [2.24, 2.45) is 0 Å². The van der Waals surface area contributed by atoms with Crippen LogP contribution in [0, 0.1) is 45.3 Å². The van der Waals surface area contributed by atoms with Crippen LogP contribution in [0.4, 0.5) is 0 Å². The molecule has 0 heterocycles. The maximum Gasteiger partial charge on any atom is 0.194 e. The summed E-state index contributed by atoms with van der Waals surface area (Å²) in [5.41, 5.74) is 7.04. The number of ketones is 2. The molecule has 5 aromatic carbocycles. The van der Waals surface area contributed by atoms with E-state index in [-0.39, 0.29) is 33.9 Å². The Kier molecular flexibility index (Phi) is 31.5. The lowest BCUT2D eigenvalue weighted by Gasteiger charge is -2.17. The first-order chi connectivity index (χ1) is 47.1. The zero-order valence-electron chi connectivity index (χ0n) is 57.8. The van der Waals surface area contributed by atoms with Crippen molar-refractivity contribution < 1.29 is 38.0 Å². The van der Waals surface area contributed by atoms with Crippen LogP contribution in [-0.2, 0) is 0 Å². The third kappa shape index (κ3) is 20.8. The van der Waals surface area contributed by atoms with Crippen molar-refractivity contribution in [1.29, 1.82) is 21.0 Å². The number of benzene rings is 5. The number of fused-ring (bicyclic) bond motifs is 2. The third-order valence-electron chi connectivity index (χ3n) is 17.3. The van der Waals surface area contributed by atoms with E-state index >= 15 is 0 Å². The second-order valence-corrected chi connectivity index (χ2v) is 24.7. The van der Waals surface area contributed by atoms with E-state index in [1.54, 1.807) is 60.7 Å². The summed E-state index contributed by atoms with van der Waals surface area (Å²) in [5.74, 6) is 2.99. The van der Waals surface area contributed by atoms with Crippen LogP contribution in [0.25, 0.3) is 47.6 Å². The summed E-state index contributed by atoms with van der Waals surface area (Å²) in [6.07, 6.45) is 35.6. The Morgan fingerprint density at radius 2 is 0.531 bits per heavy atom. The van der Waals surface area contributed by atoms with E-state index in [1.165, 1.54) is 0 Å². The zero-order valence-corrected chi connectivity index (χ0v) is 57.8. The van der Waals surface area contributed by atoms with Gasteiger partial charge in [-0.3, -0.25) is 9.59 Å². The third-order valence-corrected chi connectivity index (χ3v) is 17.3. The van der Waals surface area contributed by atoms with Gasteiger partial charge in [0.15, 0.2) is 11.6 Å². The molecule has 502 valence electrons. The van der Waals surface area contributed by atoms with Gasteiger partial charge in [-0.1, -0.05) is 230 Å². The zero-order chi connectivity index (χ0) is 68.3. The van der Waals surface area contributed by atoms with Gasteiger partial charge in [-0.05, 0) is 98.2 Å². The van der Waals surface area contributed by atoms with E-state index < -0.39 is 0 Å². The van der Waals surface area contributed by atoms with Crippen LogP contribution in [0.5, 0.6) is 34.5 Å². The van der Waals surface area contributed by atoms with E-state index in [1.807, 2.05) is 48.6 Å². The second-order valence-electron chi connectivity index (χ2n) is 24.7. The predicted molar refractivity (Wildman–Crippen MR) is 389 cm³/mol. The molecule has 0 fully saturated rings. The first-order valence-corrected chi connectivity index (χ1v) is 35.6. The van der Waals surface area contributed by atoms with E-state index in [0.29, 0.717) is 119 Å². The molecule has 0 N–H and O–H groups in total. The van der Waals surface area contributed by atoms with Gasteiger partial charge >= 0.3 is 0 Å². The summed E-state index contributed by atoms with van der Waals surface area (Å²) in [7, 11) is 0. The summed E-state index contributed by atoms with van der Waals surface area (Å²) >= 11 is 0. The van der Waals surface area contributed by atoms with Crippen LogP contribution in [0.2, 0.25) is 0 Å². The van der Waals surface area contributed by atoms with Crippen molar-refractivity contribution in [3.63, 3.8) is 0 Å². The van der Waals surface area contributed by atoms with Gasteiger partial charge in [0.05, 0.1) is 39.6 Å². The molecule has 5 aromatic rings. The van der Waals surface area contributed by atoms with Crippen molar-refractivity contribution in [3.8, 4) is 58.8 Å². The Bertz CT molecular complexity index is 3530. The van der Waals surface area contributed by atoms with E-state index in [9.17, 15) is 30.6 Å². The average molecular weight is 1290 g/mol. The second kappa shape index (κ2) is 40.8. The molecule has 96 heavy (non-hydrogen) atoms. The summed E-state index contributed by atoms with van der Waals surface area (Å²) < 4.78 is 40.6. The highest BCUT2D eigenvalue weighted by Gasteiger charge is 2.34. The minimum Gasteiger partial charge on any atom is -0.493 e. The van der Waals surface area contributed by atoms with Gasteiger partial charge in [-0.2, -0.15) is 21.0 Å². The molecule has 0 unspecified atom stereocenters. The number of Topliss-reactive ketones (excluding diaryl/α,β-unsaturated/α-hetero) is 2. The molecule has 0 aromatic heterocycles. The highest BCUT2D eigenvalue weighted by molar-refractivity contribution is 6.31. The molecule has 12 nitrogen and oxygen atoms in total. The molecule has 0 spiro atoms. The van der Waals surface area contributed by atoms with Crippen LogP contribution in [0.1, 0.15) is 261 Å². The monoisotopic (exact) mass is 1290 g/mol. The fourth-order valence-electron chi connectivity index (χ4n) is 11.9. The number of ether oxygens (including phenoxy) is 6. The molecule has 0 amide bonds. The maximum atomic E-state index is 14.3. The van der Waals surface area contributed by atoms with Gasteiger partial charge in [-0.25, -0.2) is 0 Å². The Balaban J connectivity index is 1.41. The molecular formula is C84H98N4O8. The number of allylic oxidation sites excluding steroid dienone is 6. The Labute approximate surface area is 572 Å². The summed E-state index contributed by atoms with van der Waals surface area (Å²) in [6, 6.07) is 34.3. The molecule has 12 heteroatoms. The van der Waals surface area contributed by atoms with Gasteiger partial charge in [0.2, 0.25) is 0 Å². The average Bonchev–Trinajstić information content (AvgIpc) is 1.62. The highest BCUT2D eigenvalue weighted by atomic mass is 16.5. The van der Waals surface area contributed by atoms with E-state index in [4.69, 9.17) is 28.4 Å². The van der Waals surface area contributed by atoms with Crippen molar-refractivity contribution in [3.05, 3.63) is 163 Å². The van der Waals surface area contributed by atoms with Gasteiger partial charge < -0.3 is 28.4 Å². The van der Waals surface area contributed by atoms with Crippen LogP contribution in [0.15, 0.2) is 107 Å². The normalized spacial score (nSPS) is 13.2. The Morgan fingerprint density at radius 1 is 0.312 bits per heavy atom. The standard InChI is InChI=1S/C84H98N4O8/c1-7-13-19-29-43-91-75-51-62(40-42-64-54-80(96-48-34-24-18-12-6)66(56-78(64)94-46-32-22-16-10-4)50-74-82(68(59-87)60-88)70-36-26-28-38-72(70)84(74)90)76(92-44-30-20-14-8-2)52-61(75)39-41-63-53-79(95-47-33-23-17-11-5)65(55-77(63)93-45-31-21-15-9-3)49-73-81(67(57-85)58-86)69-35-25-27-37-71(69)83(73)89/h25-28,35-42,49-56H,7-24,29-34,43-48H2,1-6H3/b41-39+,42-40+,73-49-,74-50-. The first kappa shape index (κ1) is 74.0. The molecule has 0 atom stereocenters. The molecule has 2 aliphatic rings. The molecule has 0 saturated carbocycles. The van der Waals surface area contributed by atoms with Gasteiger partial charge in [-0.15, -0.1) is 0 Å². The predicted octanol–water partition coefficient (Wildman–Crippen LogP) is 21.9.